The highest BCUT2D eigenvalue weighted by Crippen LogP contribution is 2.02. The number of benzene rings is 1. The van der Waals surface area contributed by atoms with Gasteiger partial charge in [0.2, 0.25) is 0 Å². The third kappa shape index (κ3) is 3.22. The van der Waals surface area contributed by atoms with Gasteiger partial charge in [0.25, 0.3) is 5.91 Å². The molecule has 0 spiro atoms. The van der Waals surface area contributed by atoms with Crippen LogP contribution in [0.1, 0.15) is 16.8 Å². The molecular formula is C11H15ClN2O. The summed E-state index contributed by atoms with van der Waals surface area (Å²) in [6.45, 7) is 1.89. The normalized spacial score (nSPS) is 19.3. The van der Waals surface area contributed by atoms with Crippen molar-refractivity contribution in [1.82, 2.24) is 10.6 Å². The van der Waals surface area contributed by atoms with Crippen molar-refractivity contribution in [3.8, 4) is 0 Å². The standard InChI is InChI=1S/C11H14N2O.ClH/c14-11(9-4-2-1-3-5-9)13-10-6-7-12-8-10;/h1-5,10,12H,6-8H2,(H,13,14);1H/t10-;/m1./s1. The van der Waals surface area contributed by atoms with Crippen molar-refractivity contribution < 1.29 is 4.79 Å². The number of amides is 1. The number of carbonyl (C=O) groups excluding carboxylic acids is 1. The molecule has 1 aromatic rings. The summed E-state index contributed by atoms with van der Waals surface area (Å²) in [4.78, 5) is 11.7. The van der Waals surface area contributed by atoms with Crippen LogP contribution in [0.4, 0.5) is 0 Å². The lowest BCUT2D eigenvalue weighted by atomic mass is 10.2. The summed E-state index contributed by atoms with van der Waals surface area (Å²) in [5.74, 6) is 0.0271. The largest absolute Gasteiger partial charge is 0.348 e. The Hall–Kier alpha value is -1.06. The van der Waals surface area contributed by atoms with Crippen LogP contribution in [0.5, 0.6) is 0 Å². The Balaban J connectivity index is 0.00000112. The fourth-order valence-corrected chi connectivity index (χ4v) is 1.64. The first-order valence-electron chi connectivity index (χ1n) is 4.93. The summed E-state index contributed by atoms with van der Waals surface area (Å²) in [6, 6.07) is 9.62. The van der Waals surface area contributed by atoms with E-state index in [1.165, 1.54) is 0 Å². The van der Waals surface area contributed by atoms with E-state index < -0.39 is 0 Å². The molecule has 1 aliphatic rings. The highest BCUT2D eigenvalue weighted by Gasteiger charge is 2.16. The zero-order chi connectivity index (χ0) is 9.80. The molecule has 0 radical (unpaired) electrons. The second-order valence-corrected chi connectivity index (χ2v) is 3.53. The third-order valence-corrected chi connectivity index (χ3v) is 2.43. The van der Waals surface area contributed by atoms with Crippen LogP contribution >= 0.6 is 12.4 Å². The highest BCUT2D eigenvalue weighted by molar-refractivity contribution is 5.94. The number of hydrogen-bond donors (Lipinski definition) is 2. The van der Waals surface area contributed by atoms with Crippen molar-refractivity contribution in [2.75, 3.05) is 13.1 Å². The molecule has 82 valence electrons. The fraction of sp³-hybridized carbons (Fsp3) is 0.364. The molecule has 15 heavy (non-hydrogen) atoms. The Labute approximate surface area is 95.7 Å². The fourth-order valence-electron chi connectivity index (χ4n) is 1.64. The Morgan fingerprint density at radius 3 is 2.67 bits per heavy atom. The van der Waals surface area contributed by atoms with Crippen molar-refractivity contribution >= 4 is 18.3 Å². The molecular weight excluding hydrogens is 212 g/mol. The molecule has 1 aliphatic heterocycles. The van der Waals surface area contributed by atoms with Crippen molar-refractivity contribution in [2.24, 2.45) is 0 Å². The Bertz CT molecular complexity index is 310. The zero-order valence-electron chi connectivity index (χ0n) is 8.40. The van der Waals surface area contributed by atoms with E-state index in [1.54, 1.807) is 0 Å². The number of rotatable bonds is 2. The maximum atomic E-state index is 11.7. The third-order valence-electron chi connectivity index (χ3n) is 2.43. The van der Waals surface area contributed by atoms with E-state index in [0.29, 0.717) is 6.04 Å². The second-order valence-electron chi connectivity index (χ2n) is 3.53. The van der Waals surface area contributed by atoms with Crippen molar-refractivity contribution in [3.05, 3.63) is 35.9 Å². The van der Waals surface area contributed by atoms with Crippen LogP contribution in [-0.2, 0) is 0 Å². The van der Waals surface area contributed by atoms with Gasteiger partial charge in [-0.1, -0.05) is 18.2 Å². The van der Waals surface area contributed by atoms with Gasteiger partial charge in [-0.05, 0) is 25.1 Å². The van der Waals surface area contributed by atoms with Crippen LogP contribution < -0.4 is 10.6 Å². The molecule has 4 heteroatoms. The van der Waals surface area contributed by atoms with Gasteiger partial charge < -0.3 is 10.6 Å². The van der Waals surface area contributed by atoms with E-state index in [0.717, 1.165) is 25.1 Å². The first kappa shape index (κ1) is 12.0. The smallest absolute Gasteiger partial charge is 0.251 e. The molecule has 0 aromatic heterocycles. The first-order valence-corrected chi connectivity index (χ1v) is 4.93. The van der Waals surface area contributed by atoms with Crippen molar-refractivity contribution in [1.29, 1.82) is 0 Å². The van der Waals surface area contributed by atoms with E-state index in [2.05, 4.69) is 10.6 Å². The molecule has 3 nitrogen and oxygen atoms in total. The molecule has 1 fully saturated rings. The summed E-state index contributed by atoms with van der Waals surface area (Å²) in [5.41, 5.74) is 0.736. The van der Waals surface area contributed by atoms with E-state index in [-0.39, 0.29) is 18.3 Å². The van der Waals surface area contributed by atoms with E-state index in [1.807, 2.05) is 30.3 Å². The number of carbonyl (C=O) groups is 1. The van der Waals surface area contributed by atoms with E-state index >= 15 is 0 Å². The summed E-state index contributed by atoms with van der Waals surface area (Å²) < 4.78 is 0. The zero-order valence-corrected chi connectivity index (χ0v) is 9.22. The number of nitrogens with one attached hydrogen (secondary N) is 2. The van der Waals surface area contributed by atoms with Gasteiger partial charge in [-0.3, -0.25) is 4.79 Å². The second kappa shape index (κ2) is 5.73. The maximum Gasteiger partial charge on any atom is 0.251 e. The molecule has 0 aliphatic carbocycles. The predicted molar refractivity (Wildman–Crippen MR) is 62.4 cm³/mol. The molecule has 1 aromatic carbocycles. The quantitative estimate of drug-likeness (QED) is 0.796. The Morgan fingerprint density at radius 1 is 1.33 bits per heavy atom. The van der Waals surface area contributed by atoms with Crippen LogP contribution in [0.3, 0.4) is 0 Å². The number of halogens is 1. The maximum absolute atomic E-state index is 11.7. The minimum Gasteiger partial charge on any atom is -0.348 e. The van der Waals surface area contributed by atoms with Gasteiger partial charge in [0.15, 0.2) is 0 Å². The van der Waals surface area contributed by atoms with Gasteiger partial charge >= 0.3 is 0 Å². The highest BCUT2D eigenvalue weighted by atomic mass is 35.5. The average Bonchev–Trinajstić information content (AvgIpc) is 2.72. The van der Waals surface area contributed by atoms with Gasteiger partial charge in [-0.2, -0.15) is 0 Å². The Morgan fingerprint density at radius 2 is 2.07 bits per heavy atom. The van der Waals surface area contributed by atoms with Crippen LogP contribution in [0.15, 0.2) is 30.3 Å². The molecule has 1 heterocycles. The predicted octanol–water partition coefficient (Wildman–Crippen LogP) is 1.20. The van der Waals surface area contributed by atoms with Gasteiger partial charge in [0.05, 0.1) is 0 Å². The van der Waals surface area contributed by atoms with Gasteiger partial charge in [0.1, 0.15) is 0 Å². The van der Waals surface area contributed by atoms with Crippen LogP contribution in [0.2, 0.25) is 0 Å². The molecule has 1 saturated heterocycles. The lowest BCUT2D eigenvalue weighted by Gasteiger charge is -2.10. The molecule has 0 bridgehead atoms. The molecule has 0 saturated carbocycles. The lowest BCUT2D eigenvalue weighted by molar-refractivity contribution is 0.0940. The summed E-state index contributed by atoms with van der Waals surface area (Å²) in [7, 11) is 0. The van der Waals surface area contributed by atoms with Crippen LogP contribution in [0.25, 0.3) is 0 Å². The van der Waals surface area contributed by atoms with Crippen LogP contribution in [-0.4, -0.2) is 25.0 Å². The van der Waals surface area contributed by atoms with Crippen molar-refractivity contribution in [3.63, 3.8) is 0 Å². The number of hydrogen-bond acceptors (Lipinski definition) is 2. The molecule has 1 amide bonds. The monoisotopic (exact) mass is 226 g/mol. The summed E-state index contributed by atoms with van der Waals surface area (Å²) in [5, 5.41) is 6.21. The Kier molecular flexibility index (Phi) is 4.59. The van der Waals surface area contributed by atoms with E-state index in [9.17, 15) is 4.79 Å². The summed E-state index contributed by atoms with van der Waals surface area (Å²) >= 11 is 0. The molecule has 2 N–H and O–H groups in total. The van der Waals surface area contributed by atoms with Gasteiger partial charge in [-0.25, -0.2) is 0 Å². The topological polar surface area (TPSA) is 41.1 Å². The van der Waals surface area contributed by atoms with Gasteiger partial charge in [0, 0.05) is 18.2 Å². The first-order chi connectivity index (χ1) is 6.86. The average molecular weight is 227 g/mol. The minimum atomic E-state index is 0. The summed E-state index contributed by atoms with van der Waals surface area (Å²) in [6.07, 6.45) is 1.03. The van der Waals surface area contributed by atoms with Crippen molar-refractivity contribution in [2.45, 2.75) is 12.5 Å². The van der Waals surface area contributed by atoms with E-state index in [4.69, 9.17) is 0 Å². The molecule has 0 unspecified atom stereocenters. The minimum absolute atomic E-state index is 0. The van der Waals surface area contributed by atoms with Gasteiger partial charge in [-0.15, -0.1) is 12.4 Å². The molecule has 1 atom stereocenters. The lowest BCUT2D eigenvalue weighted by Crippen LogP contribution is -2.36. The SMILES string of the molecule is Cl.O=C(N[C@@H]1CCNC1)c1ccccc1. The van der Waals surface area contributed by atoms with Crippen LogP contribution in [0, 0.1) is 0 Å². The molecule has 2 rings (SSSR count).